The summed E-state index contributed by atoms with van der Waals surface area (Å²) in [6.45, 7) is 4.29. The van der Waals surface area contributed by atoms with E-state index in [9.17, 15) is 23.1 Å². The lowest BCUT2D eigenvalue weighted by atomic mass is 9.65. The maximum absolute atomic E-state index is 14.3. The number of hydrazine groups is 1. The lowest BCUT2D eigenvalue weighted by molar-refractivity contribution is -0.136. The number of likely N-dealkylation sites (tertiary alicyclic amines) is 1. The van der Waals surface area contributed by atoms with Crippen molar-refractivity contribution in [2.24, 2.45) is 23.7 Å². The van der Waals surface area contributed by atoms with Crippen LogP contribution in [0.5, 0.6) is 0 Å². The van der Waals surface area contributed by atoms with Crippen LogP contribution in [0.1, 0.15) is 75.5 Å². The van der Waals surface area contributed by atoms with E-state index < -0.39 is 11.7 Å². The van der Waals surface area contributed by atoms with Gasteiger partial charge in [-0.3, -0.25) is 18.8 Å². The predicted molar refractivity (Wildman–Crippen MR) is 146 cm³/mol. The number of hydrogen-bond donors (Lipinski definition) is 3. The summed E-state index contributed by atoms with van der Waals surface area (Å²) in [5.74, 6) is 1.56. The minimum absolute atomic E-state index is 0.0568. The molecular weight excluding hydrogens is 521 g/mol. The third-order valence-electron chi connectivity index (χ3n) is 10.2. The lowest BCUT2D eigenvalue weighted by Crippen LogP contribution is -2.50. The zero-order valence-corrected chi connectivity index (χ0v) is 23.5. The highest BCUT2D eigenvalue weighted by Gasteiger charge is 2.44. The van der Waals surface area contributed by atoms with Gasteiger partial charge in [0.05, 0.1) is 30.0 Å². The Bertz CT molecular complexity index is 1260. The molecule has 40 heavy (non-hydrogen) atoms. The van der Waals surface area contributed by atoms with Gasteiger partial charge in [-0.15, -0.1) is 0 Å². The van der Waals surface area contributed by atoms with E-state index in [1.807, 2.05) is 6.92 Å². The van der Waals surface area contributed by atoms with E-state index in [4.69, 9.17) is 0 Å². The van der Waals surface area contributed by atoms with Crippen molar-refractivity contribution in [1.29, 1.82) is 0 Å². The summed E-state index contributed by atoms with van der Waals surface area (Å²) in [5.41, 5.74) is 6.00. The van der Waals surface area contributed by atoms with Crippen LogP contribution in [0, 0.1) is 23.7 Å². The van der Waals surface area contributed by atoms with Gasteiger partial charge >= 0.3 is 11.9 Å². The van der Waals surface area contributed by atoms with Gasteiger partial charge in [-0.2, -0.15) is 13.2 Å². The molecule has 11 heteroatoms. The van der Waals surface area contributed by atoms with Crippen LogP contribution in [0.15, 0.2) is 23.3 Å². The molecule has 0 spiro atoms. The van der Waals surface area contributed by atoms with Crippen molar-refractivity contribution in [1.82, 2.24) is 29.6 Å². The first-order valence-electron chi connectivity index (χ1n) is 15.0. The molecule has 2 aromatic heterocycles. The number of pyridine rings is 1. The minimum atomic E-state index is -4.57. The van der Waals surface area contributed by atoms with Gasteiger partial charge in [0, 0.05) is 38.1 Å². The summed E-state index contributed by atoms with van der Waals surface area (Å²) < 4.78 is 45.7. The third-order valence-corrected chi connectivity index (χ3v) is 10.2. The van der Waals surface area contributed by atoms with E-state index in [1.54, 1.807) is 10.8 Å². The lowest BCUT2D eigenvalue weighted by Gasteiger charge is -2.46. The summed E-state index contributed by atoms with van der Waals surface area (Å²) in [4.78, 5) is 18.1. The summed E-state index contributed by atoms with van der Waals surface area (Å²) in [6.07, 6.45) is 6.31. The number of imidazole rings is 1. The van der Waals surface area contributed by atoms with Crippen LogP contribution in [0.2, 0.25) is 0 Å². The van der Waals surface area contributed by atoms with Crippen molar-refractivity contribution in [2.75, 3.05) is 26.8 Å². The highest BCUT2D eigenvalue weighted by atomic mass is 19.4. The van der Waals surface area contributed by atoms with Gasteiger partial charge in [0.2, 0.25) is 0 Å². The van der Waals surface area contributed by atoms with Gasteiger partial charge < -0.3 is 5.11 Å². The van der Waals surface area contributed by atoms with Crippen molar-refractivity contribution in [2.45, 2.75) is 89.3 Å². The smallest absolute Gasteiger partial charge is 0.393 e. The number of nitrogens with zero attached hydrogens (tertiary/aromatic N) is 4. The fraction of sp³-hybridized carbons (Fsp3) is 0.759. The second-order valence-corrected chi connectivity index (χ2v) is 12.9. The van der Waals surface area contributed by atoms with Crippen molar-refractivity contribution < 1.29 is 18.3 Å². The number of halogens is 3. The Labute approximate surface area is 233 Å². The molecule has 0 aromatic carbocycles. The van der Waals surface area contributed by atoms with Crippen LogP contribution in [-0.4, -0.2) is 62.9 Å². The second kappa shape index (κ2) is 11.1. The molecular formula is C29H43F3N6O2. The number of aromatic nitrogens is 2. The standard InChI is InChI=1S/C29H43F3N6O2/c1-18-13-36(10-9-25(18)39)14-19-11-23(29(30,31)32)24-16-37(28(40)38(24)15-19)22-8-4-7-21(12-22)26(20-5-3-6-20)27-34-33-17-35(27)2/h11,15-16,18,20-22,25-27,33-34,39H,3-10,12-14,17H2,1-2H3/t18-,21?,22?,25+,26+,27?/m0/s1. The molecule has 0 bridgehead atoms. The molecule has 8 nitrogen and oxygen atoms in total. The molecule has 2 aliphatic heterocycles. The van der Waals surface area contributed by atoms with E-state index in [1.165, 1.54) is 35.9 Å². The van der Waals surface area contributed by atoms with E-state index >= 15 is 0 Å². The van der Waals surface area contributed by atoms with Crippen molar-refractivity contribution >= 4 is 5.52 Å². The second-order valence-electron chi connectivity index (χ2n) is 12.9. The number of hydrogen-bond acceptors (Lipinski definition) is 6. The molecule has 2 saturated heterocycles. The quantitative estimate of drug-likeness (QED) is 0.496. The van der Waals surface area contributed by atoms with Crippen LogP contribution in [0.25, 0.3) is 5.52 Å². The first kappa shape index (κ1) is 28.2. The molecule has 6 atom stereocenters. The minimum Gasteiger partial charge on any atom is -0.393 e. The van der Waals surface area contributed by atoms with Crippen LogP contribution >= 0.6 is 0 Å². The molecule has 3 N–H and O–H groups in total. The molecule has 2 aromatic rings. The van der Waals surface area contributed by atoms with Gasteiger partial charge in [-0.1, -0.05) is 32.6 Å². The van der Waals surface area contributed by atoms with Crippen molar-refractivity contribution in [3.05, 3.63) is 40.1 Å². The Balaban J connectivity index is 1.30. The number of rotatable bonds is 6. The highest BCUT2D eigenvalue weighted by molar-refractivity contribution is 5.56. The Morgan fingerprint density at radius 3 is 2.50 bits per heavy atom. The molecule has 0 amide bonds. The van der Waals surface area contributed by atoms with Crippen LogP contribution in [0.4, 0.5) is 13.2 Å². The Hall–Kier alpha value is -1.92. The Kier molecular flexibility index (Phi) is 7.80. The SMILES string of the molecule is C[C@H]1CN(Cc2cc(C(F)(F)F)c3cn(C4CCCC([C@@H](C5CCC5)C5NNCN5C)C4)c(=O)n3c2)CC[C@H]1O. The first-order valence-corrected chi connectivity index (χ1v) is 15.0. The number of aliphatic hydroxyl groups is 1. The van der Waals surface area contributed by atoms with E-state index in [0.717, 1.165) is 32.4 Å². The van der Waals surface area contributed by atoms with Gasteiger partial charge in [-0.05, 0) is 68.0 Å². The molecule has 2 aliphatic carbocycles. The number of piperidine rings is 1. The molecule has 2 saturated carbocycles. The monoisotopic (exact) mass is 564 g/mol. The maximum Gasteiger partial charge on any atom is 0.418 e. The van der Waals surface area contributed by atoms with Crippen LogP contribution in [0.3, 0.4) is 0 Å². The van der Waals surface area contributed by atoms with E-state index in [-0.39, 0.29) is 35.4 Å². The first-order chi connectivity index (χ1) is 19.1. The fourth-order valence-electron chi connectivity index (χ4n) is 7.86. The predicted octanol–water partition coefficient (Wildman–Crippen LogP) is 3.79. The van der Waals surface area contributed by atoms with E-state index in [0.29, 0.717) is 49.4 Å². The highest BCUT2D eigenvalue weighted by Crippen LogP contribution is 2.47. The summed E-state index contributed by atoms with van der Waals surface area (Å²) >= 11 is 0. The van der Waals surface area contributed by atoms with Gasteiger partial charge in [0.1, 0.15) is 0 Å². The average molecular weight is 565 g/mol. The molecule has 0 radical (unpaired) electrons. The van der Waals surface area contributed by atoms with Crippen molar-refractivity contribution in [3.8, 4) is 0 Å². The normalized spacial score (nSPS) is 32.0. The summed E-state index contributed by atoms with van der Waals surface area (Å²) in [6, 6.07) is 1.10. The molecule has 4 fully saturated rings. The maximum atomic E-state index is 14.3. The van der Waals surface area contributed by atoms with E-state index in [2.05, 4.69) is 27.7 Å². The molecule has 222 valence electrons. The summed E-state index contributed by atoms with van der Waals surface area (Å²) in [5, 5.41) is 10.1. The topological polar surface area (TPSA) is 77.2 Å². The number of aliphatic hydroxyl groups excluding tert-OH is 1. The van der Waals surface area contributed by atoms with Gasteiger partial charge in [-0.25, -0.2) is 15.6 Å². The molecule has 4 heterocycles. The number of fused-ring (bicyclic) bond motifs is 1. The van der Waals surface area contributed by atoms with Crippen LogP contribution < -0.4 is 16.5 Å². The fourth-order valence-corrected chi connectivity index (χ4v) is 7.86. The molecule has 3 unspecified atom stereocenters. The Morgan fingerprint density at radius 1 is 1.10 bits per heavy atom. The van der Waals surface area contributed by atoms with Gasteiger partial charge in [0.25, 0.3) is 0 Å². The molecule has 6 rings (SSSR count). The Morgan fingerprint density at radius 2 is 1.85 bits per heavy atom. The average Bonchev–Trinajstić information content (AvgIpc) is 3.45. The van der Waals surface area contributed by atoms with Gasteiger partial charge in [0.15, 0.2) is 0 Å². The molecule has 4 aliphatic rings. The number of alkyl halides is 3. The van der Waals surface area contributed by atoms with Crippen LogP contribution in [-0.2, 0) is 12.7 Å². The zero-order valence-electron chi connectivity index (χ0n) is 23.5. The van der Waals surface area contributed by atoms with Crippen molar-refractivity contribution in [3.63, 3.8) is 0 Å². The number of nitrogens with one attached hydrogen (secondary N) is 2. The summed E-state index contributed by atoms with van der Waals surface area (Å²) in [7, 11) is 2.12. The largest absolute Gasteiger partial charge is 0.418 e. The zero-order chi connectivity index (χ0) is 28.2. The third kappa shape index (κ3) is 5.35.